The third kappa shape index (κ3) is 4.89. The minimum absolute atomic E-state index is 0.0379. The number of ether oxygens (including phenoxy) is 1. The molecule has 2 heterocycles. The van der Waals surface area contributed by atoms with Crippen molar-refractivity contribution in [3.63, 3.8) is 0 Å². The van der Waals surface area contributed by atoms with Gasteiger partial charge in [0.1, 0.15) is 6.61 Å². The molecule has 2 aliphatic heterocycles. The van der Waals surface area contributed by atoms with Crippen molar-refractivity contribution in [2.24, 2.45) is 0 Å². The van der Waals surface area contributed by atoms with Crippen LogP contribution in [0.2, 0.25) is 0 Å². The van der Waals surface area contributed by atoms with Crippen molar-refractivity contribution in [1.82, 2.24) is 10.2 Å². The molecule has 2 N–H and O–H groups in total. The normalized spacial score (nSPS) is 17.6. The molecule has 0 spiro atoms. The molecule has 3 rings (SSSR count). The lowest BCUT2D eigenvalue weighted by atomic mass is 10.2. The monoisotopic (exact) mass is 439 g/mol. The fourth-order valence-corrected chi connectivity index (χ4v) is 5.18. The van der Waals surface area contributed by atoms with Gasteiger partial charge in [0.05, 0.1) is 33.3 Å². The molecule has 154 valence electrons. The van der Waals surface area contributed by atoms with Gasteiger partial charge < -0.3 is 15.2 Å². The molecule has 0 radical (unpaired) electrons. The Hall–Kier alpha value is -2.57. The number of amides is 2. The third-order valence-electron chi connectivity index (χ3n) is 4.06. The van der Waals surface area contributed by atoms with E-state index in [1.54, 1.807) is 0 Å². The lowest BCUT2D eigenvalue weighted by molar-refractivity contribution is -0.384. The minimum atomic E-state index is -0.690. The summed E-state index contributed by atoms with van der Waals surface area (Å²) < 4.78 is 5.83. The van der Waals surface area contributed by atoms with Gasteiger partial charge in [0.25, 0.3) is 5.69 Å². The van der Waals surface area contributed by atoms with E-state index in [2.05, 4.69) is 5.32 Å². The summed E-state index contributed by atoms with van der Waals surface area (Å²) in [5.74, 6) is -1.14. The van der Waals surface area contributed by atoms with Gasteiger partial charge in [-0.1, -0.05) is 11.8 Å². The number of hydrogen-bond donors (Lipinski definition) is 2. The van der Waals surface area contributed by atoms with Crippen LogP contribution in [0, 0.1) is 10.1 Å². The van der Waals surface area contributed by atoms with Crippen LogP contribution in [-0.2, 0) is 25.7 Å². The molecular formula is C17H17N3O7S2. The summed E-state index contributed by atoms with van der Waals surface area (Å²) in [6.45, 7) is -0.131. The molecular weight excluding hydrogens is 422 g/mol. The Bertz CT molecular complexity index is 872. The second-order valence-electron chi connectivity index (χ2n) is 6.04. The Balaban J connectivity index is 1.64. The lowest BCUT2D eigenvalue weighted by Gasteiger charge is -2.34. The number of esters is 1. The number of rotatable bonds is 9. The number of nitro groups is 1. The molecule has 29 heavy (non-hydrogen) atoms. The number of aliphatic hydroxyl groups is 1. The van der Waals surface area contributed by atoms with Crippen LogP contribution in [-0.4, -0.2) is 57.0 Å². The second kappa shape index (κ2) is 9.29. The van der Waals surface area contributed by atoms with Crippen LogP contribution in [0.3, 0.4) is 0 Å². The first kappa shape index (κ1) is 21.1. The first-order valence-electron chi connectivity index (χ1n) is 8.54. The molecule has 0 aromatic heterocycles. The fourth-order valence-electron chi connectivity index (χ4n) is 2.62. The van der Waals surface area contributed by atoms with E-state index < -0.39 is 10.9 Å². The van der Waals surface area contributed by atoms with Gasteiger partial charge in [-0.15, -0.1) is 11.8 Å². The molecule has 1 saturated heterocycles. The van der Waals surface area contributed by atoms with E-state index in [4.69, 9.17) is 9.84 Å². The molecule has 1 aromatic rings. The number of fused-ring (bicyclic) bond motifs is 1. The zero-order valence-electron chi connectivity index (χ0n) is 15.0. The summed E-state index contributed by atoms with van der Waals surface area (Å²) in [6, 6.07) is 5.61. The van der Waals surface area contributed by atoms with E-state index in [-0.39, 0.29) is 54.1 Å². The van der Waals surface area contributed by atoms with E-state index >= 15 is 0 Å². The smallest absolute Gasteiger partial charge is 0.357 e. The standard InChI is InChI=1S/C17H17N3O7S2/c21-6-5-18-12(22)9-28-17-15(19-13(23)7-14(19)29-17)16(24)27-8-10-1-3-11(4-2-10)20(25)26/h1-4,14,21H,5-9H2,(H,18,22)/t14-/m0/s1. The van der Waals surface area contributed by atoms with Gasteiger partial charge in [-0.05, 0) is 17.7 Å². The Morgan fingerprint density at radius 2 is 2.10 bits per heavy atom. The van der Waals surface area contributed by atoms with Crippen LogP contribution in [0.4, 0.5) is 5.69 Å². The molecule has 0 bridgehead atoms. The average Bonchev–Trinajstić information content (AvgIpc) is 3.01. The quantitative estimate of drug-likeness (QED) is 0.249. The predicted molar refractivity (Wildman–Crippen MR) is 105 cm³/mol. The first-order valence-corrected chi connectivity index (χ1v) is 10.4. The van der Waals surface area contributed by atoms with Crippen LogP contribution >= 0.6 is 23.5 Å². The second-order valence-corrected chi connectivity index (χ2v) is 8.47. The largest absolute Gasteiger partial charge is 0.456 e. The molecule has 10 nitrogen and oxygen atoms in total. The van der Waals surface area contributed by atoms with Crippen LogP contribution < -0.4 is 5.32 Å². The van der Waals surface area contributed by atoms with E-state index in [9.17, 15) is 24.5 Å². The number of non-ortho nitro benzene ring substituents is 1. The van der Waals surface area contributed by atoms with Gasteiger partial charge in [-0.2, -0.15) is 0 Å². The van der Waals surface area contributed by atoms with Crippen LogP contribution in [0.15, 0.2) is 34.2 Å². The average molecular weight is 439 g/mol. The molecule has 12 heteroatoms. The number of carbonyl (C=O) groups is 3. The maximum Gasteiger partial charge on any atom is 0.357 e. The molecule has 2 aliphatic rings. The fraction of sp³-hybridized carbons (Fsp3) is 0.353. The summed E-state index contributed by atoms with van der Waals surface area (Å²) in [6.07, 6.45) is 0.310. The summed E-state index contributed by atoms with van der Waals surface area (Å²) in [5.41, 5.74) is 0.625. The summed E-state index contributed by atoms with van der Waals surface area (Å²) in [7, 11) is 0. The number of hydrogen-bond acceptors (Lipinski definition) is 9. The molecule has 0 unspecified atom stereocenters. The van der Waals surface area contributed by atoms with E-state index in [0.717, 1.165) is 11.8 Å². The lowest BCUT2D eigenvalue weighted by Crippen LogP contribution is -2.48. The van der Waals surface area contributed by atoms with E-state index in [0.29, 0.717) is 16.2 Å². The van der Waals surface area contributed by atoms with Crippen molar-refractivity contribution in [1.29, 1.82) is 0 Å². The number of nitrogens with zero attached hydrogens (tertiary/aromatic N) is 2. The van der Waals surface area contributed by atoms with E-state index in [1.165, 1.54) is 40.9 Å². The van der Waals surface area contributed by atoms with Gasteiger partial charge in [-0.3, -0.25) is 24.6 Å². The van der Waals surface area contributed by atoms with E-state index in [1.807, 2.05) is 0 Å². The zero-order chi connectivity index (χ0) is 21.0. The molecule has 1 atom stereocenters. The maximum atomic E-state index is 12.6. The first-order chi connectivity index (χ1) is 13.9. The summed E-state index contributed by atoms with van der Waals surface area (Å²) >= 11 is 2.47. The van der Waals surface area contributed by atoms with Crippen LogP contribution in [0.25, 0.3) is 0 Å². The Morgan fingerprint density at radius 3 is 2.72 bits per heavy atom. The molecule has 0 saturated carbocycles. The SMILES string of the molecule is O=C(CSC1=C(C(=O)OCc2ccc([N+](=O)[O-])cc2)N2C(=O)C[C@@H]2S1)NCCO. The summed E-state index contributed by atoms with van der Waals surface area (Å²) in [4.78, 5) is 47.8. The number of carbonyl (C=O) groups excluding carboxylic acids is 3. The molecule has 0 aliphatic carbocycles. The third-order valence-corrected chi connectivity index (χ3v) is 6.62. The van der Waals surface area contributed by atoms with Gasteiger partial charge in [0.15, 0.2) is 5.70 Å². The van der Waals surface area contributed by atoms with Crippen LogP contribution in [0.5, 0.6) is 0 Å². The van der Waals surface area contributed by atoms with Crippen molar-refractivity contribution >= 4 is 47.0 Å². The molecule has 1 aromatic carbocycles. The van der Waals surface area contributed by atoms with Crippen molar-refractivity contribution in [3.8, 4) is 0 Å². The van der Waals surface area contributed by atoms with Crippen molar-refractivity contribution < 1.29 is 29.2 Å². The topological polar surface area (TPSA) is 139 Å². The van der Waals surface area contributed by atoms with Crippen molar-refractivity contribution in [2.75, 3.05) is 18.9 Å². The zero-order valence-corrected chi connectivity index (χ0v) is 16.7. The maximum absolute atomic E-state index is 12.6. The van der Waals surface area contributed by atoms with Crippen LogP contribution in [0.1, 0.15) is 12.0 Å². The number of β-lactam (4-membered cyclic amide) rings is 1. The van der Waals surface area contributed by atoms with Crippen molar-refractivity contribution in [2.45, 2.75) is 18.4 Å². The van der Waals surface area contributed by atoms with Crippen molar-refractivity contribution in [3.05, 3.63) is 49.9 Å². The molecule has 1 fully saturated rings. The number of nitro benzene ring substituents is 1. The van der Waals surface area contributed by atoms with Gasteiger partial charge >= 0.3 is 5.97 Å². The van der Waals surface area contributed by atoms with Gasteiger partial charge in [-0.25, -0.2) is 4.79 Å². The minimum Gasteiger partial charge on any atom is -0.456 e. The summed E-state index contributed by atoms with van der Waals surface area (Å²) in [5, 5.41) is 21.8. The number of thioether (sulfide) groups is 2. The highest BCUT2D eigenvalue weighted by Crippen LogP contribution is 2.50. The highest BCUT2D eigenvalue weighted by Gasteiger charge is 2.49. The molecule has 2 amide bonds. The number of benzene rings is 1. The van der Waals surface area contributed by atoms with Gasteiger partial charge in [0.2, 0.25) is 11.8 Å². The number of aliphatic hydroxyl groups excluding tert-OH is 1. The Labute approximate surface area is 173 Å². The van der Waals surface area contributed by atoms with Gasteiger partial charge in [0, 0.05) is 18.7 Å². The Morgan fingerprint density at radius 1 is 1.38 bits per heavy atom. The highest BCUT2D eigenvalue weighted by atomic mass is 32.2. The number of nitrogens with one attached hydrogen (secondary N) is 1. The Kier molecular flexibility index (Phi) is 6.77. The highest BCUT2D eigenvalue weighted by molar-refractivity contribution is 8.23. The predicted octanol–water partition coefficient (Wildman–Crippen LogP) is 0.954.